The molecule has 0 aliphatic rings. The van der Waals surface area contributed by atoms with Gasteiger partial charge in [-0.05, 0) is 24.6 Å². The number of halogens is 3. The van der Waals surface area contributed by atoms with Gasteiger partial charge >= 0.3 is 6.09 Å². The van der Waals surface area contributed by atoms with E-state index in [9.17, 15) is 18.0 Å². The van der Waals surface area contributed by atoms with E-state index in [1.165, 1.54) is 4.68 Å². The Bertz CT molecular complexity index is 1350. The number of carbonyl (C=O) groups excluding carboxylic acids is 1. The van der Waals surface area contributed by atoms with E-state index >= 15 is 0 Å². The maximum atomic E-state index is 14.2. The third kappa shape index (κ3) is 4.22. The number of para-hydroxylation sites is 1. The van der Waals surface area contributed by atoms with Gasteiger partial charge < -0.3 is 16.2 Å². The van der Waals surface area contributed by atoms with Crippen LogP contribution in [0.15, 0.2) is 36.4 Å². The molecule has 0 saturated heterocycles. The van der Waals surface area contributed by atoms with E-state index in [1.54, 1.807) is 31.2 Å². The number of amides is 1. The summed E-state index contributed by atoms with van der Waals surface area (Å²) in [7, 11) is 0. The van der Waals surface area contributed by atoms with Crippen molar-refractivity contribution in [2.45, 2.75) is 13.3 Å². The topological polar surface area (TPSA) is 134 Å². The minimum absolute atomic E-state index is 0.0206. The van der Waals surface area contributed by atoms with Gasteiger partial charge in [-0.25, -0.2) is 18.0 Å². The number of fused-ring (bicyclic) bond motifs is 1. The van der Waals surface area contributed by atoms with Crippen molar-refractivity contribution in [3.05, 3.63) is 65.1 Å². The second kappa shape index (κ2) is 8.65. The van der Waals surface area contributed by atoms with Crippen LogP contribution in [0.3, 0.4) is 0 Å². The summed E-state index contributed by atoms with van der Waals surface area (Å²) in [5, 5.41) is 7.37. The third-order valence-electron chi connectivity index (χ3n) is 4.74. The van der Waals surface area contributed by atoms with E-state index in [-0.39, 0.29) is 41.9 Å². The van der Waals surface area contributed by atoms with Crippen molar-refractivity contribution >= 4 is 34.3 Å². The quantitative estimate of drug-likeness (QED) is 0.390. The molecule has 0 unspecified atom stereocenters. The van der Waals surface area contributed by atoms with Gasteiger partial charge in [-0.2, -0.15) is 19.7 Å². The van der Waals surface area contributed by atoms with E-state index < -0.39 is 23.5 Å². The monoisotopic (exact) mass is 457 g/mol. The molecule has 4 aromatic rings. The van der Waals surface area contributed by atoms with Gasteiger partial charge in [-0.15, -0.1) is 0 Å². The maximum absolute atomic E-state index is 14.2. The highest BCUT2D eigenvalue weighted by atomic mass is 19.2. The first-order chi connectivity index (χ1) is 15.8. The lowest BCUT2D eigenvalue weighted by Crippen LogP contribution is -2.18. The summed E-state index contributed by atoms with van der Waals surface area (Å²) in [6.45, 7) is 1.78. The van der Waals surface area contributed by atoms with Gasteiger partial charge in [0.05, 0.1) is 17.8 Å². The zero-order valence-corrected chi connectivity index (χ0v) is 17.3. The summed E-state index contributed by atoms with van der Waals surface area (Å²) in [4.78, 5) is 20.0. The van der Waals surface area contributed by atoms with Gasteiger partial charge in [-0.1, -0.05) is 18.2 Å². The minimum atomic E-state index is -1.29. The van der Waals surface area contributed by atoms with Crippen LogP contribution in [-0.4, -0.2) is 32.4 Å². The van der Waals surface area contributed by atoms with Crippen LogP contribution >= 0.6 is 0 Å². The number of rotatable bonds is 5. The van der Waals surface area contributed by atoms with Gasteiger partial charge in [0.25, 0.3) is 5.95 Å². The Labute approximate surface area is 185 Å². The van der Waals surface area contributed by atoms with Gasteiger partial charge in [-0.3, -0.25) is 5.32 Å². The van der Waals surface area contributed by atoms with Crippen LogP contribution in [0.4, 0.5) is 35.3 Å². The fourth-order valence-electron chi connectivity index (χ4n) is 3.31. The van der Waals surface area contributed by atoms with Crippen molar-refractivity contribution in [2.24, 2.45) is 0 Å². The number of carbonyl (C=O) groups is 1. The van der Waals surface area contributed by atoms with Crippen LogP contribution in [-0.2, 0) is 11.2 Å². The molecule has 12 heteroatoms. The molecule has 0 bridgehead atoms. The van der Waals surface area contributed by atoms with E-state index in [0.717, 1.165) is 6.07 Å². The van der Waals surface area contributed by atoms with E-state index in [4.69, 9.17) is 16.2 Å². The molecule has 9 nitrogen and oxygen atoms in total. The lowest BCUT2D eigenvalue weighted by Gasteiger charge is -2.11. The molecule has 170 valence electrons. The van der Waals surface area contributed by atoms with E-state index in [0.29, 0.717) is 22.7 Å². The number of ether oxygens (including phenoxy) is 1. The lowest BCUT2D eigenvalue weighted by atomic mass is 10.1. The number of nitrogens with zero attached hydrogens (tertiary/aromatic N) is 4. The Balaban J connectivity index is 1.78. The van der Waals surface area contributed by atoms with E-state index in [2.05, 4.69) is 20.4 Å². The maximum Gasteiger partial charge on any atom is 0.411 e. The zero-order valence-electron chi connectivity index (χ0n) is 17.3. The van der Waals surface area contributed by atoms with Crippen molar-refractivity contribution in [1.29, 1.82) is 0 Å². The Morgan fingerprint density at radius 1 is 1.12 bits per heavy atom. The molecular formula is C21H18F3N7O2. The second-order valence-electron chi connectivity index (χ2n) is 6.93. The third-order valence-corrected chi connectivity index (χ3v) is 4.74. The first-order valence-corrected chi connectivity index (χ1v) is 9.75. The average molecular weight is 457 g/mol. The van der Waals surface area contributed by atoms with E-state index in [1.807, 2.05) is 0 Å². The minimum Gasteiger partial charge on any atom is -0.450 e. The molecular weight excluding hydrogens is 439 g/mol. The molecule has 0 saturated carbocycles. The first-order valence-electron chi connectivity index (χ1n) is 9.75. The van der Waals surface area contributed by atoms with Gasteiger partial charge in [0.15, 0.2) is 23.3 Å². The first kappa shape index (κ1) is 21.9. The molecule has 1 amide bonds. The molecule has 0 atom stereocenters. The second-order valence-corrected chi connectivity index (χ2v) is 6.93. The summed E-state index contributed by atoms with van der Waals surface area (Å²) in [6, 6.07) is 8.27. The van der Waals surface area contributed by atoms with Crippen molar-refractivity contribution in [1.82, 2.24) is 19.7 Å². The summed E-state index contributed by atoms with van der Waals surface area (Å²) in [5.41, 5.74) is 12.5. The molecule has 2 aromatic heterocycles. The number of benzene rings is 2. The van der Waals surface area contributed by atoms with Crippen LogP contribution < -0.4 is 16.8 Å². The molecule has 2 aromatic carbocycles. The molecule has 5 N–H and O–H groups in total. The number of aromatic nitrogens is 4. The number of anilines is 3. The summed E-state index contributed by atoms with van der Waals surface area (Å²) in [6.07, 6.45) is -0.968. The van der Waals surface area contributed by atoms with Crippen molar-refractivity contribution < 1.29 is 22.7 Å². The van der Waals surface area contributed by atoms with Crippen molar-refractivity contribution in [3.8, 4) is 5.95 Å². The van der Waals surface area contributed by atoms with Gasteiger partial charge in [0.1, 0.15) is 11.5 Å². The molecule has 0 aliphatic carbocycles. The highest BCUT2D eigenvalue weighted by Crippen LogP contribution is 2.28. The normalized spacial score (nSPS) is 11.0. The predicted molar refractivity (Wildman–Crippen MR) is 115 cm³/mol. The van der Waals surface area contributed by atoms with Crippen LogP contribution in [0.5, 0.6) is 0 Å². The van der Waals surface area contributed by atoms with Crippen molar-refractivity contribution in [2.75, 3.05) is 23.4 Å². The fourth-order valence-corrected chi connectivity index (χ4v) is 3.31. The Morgan fingerprint density at radius 2 is 1.82 bits per heavy atom. The number of nitrogens with one attached hydrogen (secondary N) is 1. The Morgan fingerprint density at radius 3 is 2.52 bits per heavy atom. The number of nitrogen functional groups attached to an aromatic ring is 2. The Hall–Kier alpha value is -4.35. The molecule has 2 heterocycles. The van der Waals surface area contributed by atoms with Crippen LogP contribution in [0, 0.1) is 17.5 Å². The number of hydrogen-bond acceptors (Lipinski definition) is 7. The average Bonchev–Trinajstić information content (AvgIpc) is 3.13. The fraction of sp³-hybridized carbons (Fsp3) is 0.143. The number of hydrogen-bond donors (Lipinski definition) is 3. The SMILES string of the molecule is CCOC(=O)Nc1c(N)nc(-n2nc(Cc3cc(F)cc(F)c3F)c3ccccc32)nc1N. The molecule has 0 aliphatic heterocycles. The predicted octanol–water partition coefficient (Wildman–Crippen LogP) is 3.56. The Kier molecular flexibility index (Phi) is 5.73. The number of nitrogens with two attached hydrogens (primary N) is 2. The smallest absolute Gasteiger partial charge is 0.411 e. The highest BCUT2D eigenvalue weighted by Gasteiger charge is 2.20. The van der Waals surface area contributed by atoms with Crippen LogP contribution in [0.25, 0.3) is 16.9 Å². The summed E-state index contributed by atoms with van der Waals surface area (Å²) in [5.74, 6) is -3.64. The summed E-state index contributed by atoms with van der Waals surface area (Å²) < 4.78 is 47.6. The zero-order chi connectivity index (χ0) is 23.7. The molecule has 0 radical (unpaired) electrons. The molecule has 33 heavy (non-hydrogen) atoms. The summed E-state index contributed by atoms with van der Waals surface area (Å²) >= 11 is 0. The standard InChI is InChI=1S/C21H18F3N7O2/c1-2-33-21(32)27-17-18(25)28-20(29-19(17)26)31-15-6-4-3-5-12(15)14(30-31)8-10-7-11(22)9-13(23)16(10)24/h3-7,9H,2,8H2,1H3,(H,27,32)(H4,25,26,28,29). The van der Waals surface area contributed by atoms with Crippen LogP contribution in [0.2, 0.25) is 0 Å². The lowest BCUT2D eigenvalue weighted by molar-refractivity contribution is 0.168. The molecule has 4 rings (SSSR count). The largest absolute Gasteiger partial charge is 0.450 e. The van der Waals surface area contributed by atoms with Gasteiger partial charge in [0.2, 0.25) is 0 Å². The molecule has 0 fully saturated rings. The molecule has 0 spiro atoms. The van der Waals surface area contributed by atoms with Crippen LogP contribution in [0.1, 0.15) is 18.2 Å². The van der Waals surface area contributed by atoms with Crippen molar-refractivity contribution in [3.63, 3.8) is 0 Å². The highest BCUT2D eigenvalue weighted by molar-refractivity contribution is 5.92. The van der Waals surface area contributed by atoms with Gasteiger partial charge in [0, 0.05) is 17.9 Å².